The van der Waals surface area contributed by atoms with E-state index in [1.165, 1.54) is 16.4 Å². The SMILES string of the molecule is Cc1cc(C)cc(N(CC(=O)NCCN(C)c2ccccc2)S(=O)(=O)c2ccccc2)c1. The molecule has 1 amide bonds. The highest BCUT2D eigenvalue weighted by molar-refractivity contribution is 7.92. The minimum absolute atomic E-state index is 0.149. The lowest BCUT2D eigenvalue weighted by Crippen LogP contribution is -2.42. The molecule has 0 saturated heterocycles. The average Bonchev–Trinajstić information content (AvgIpc) is 2.77. The number of nitrogens with zero attached hydrogens (tertiary/aromatic N) is 2. The number of aryl methyl sites for hydroxylation is 2. The number of anilines is 2. The van der Waals surface area contributed by atoms with Crippen molar-refractivity contribution in [3.8, 4) is 0 Å². The van der Waals surface area contributed by atoms with Gasteiger partial charge in [0.2, 0.25) is 5.91 Å². The second-order valence-electron chi connectivity index (χ2n) is 7.78. The number of likely N-dealkylation sites (N-methyl/N-ethyl adjacent to an activating group) is 1. The number of amides is 1. The van der Waals surface area contributed by atoms with Crippen LogP contribution in [0, 0.1) is 13.8 Å². The second-order valence-corrected chi connectivity index (χ2v) is 9.64. The fraction of sp³-hybridized carbons (Fsp3) is 0.240. The van der Waals surface area contributed by atoms with Crippen LogP contribution in [0.2, 0.25) is 0 Å². The molecule has 0 atom stereocenters. The summed E-state index contributed by atoms with van der Waals surface area (Å²) >= 11 is 0. The molecule has 0 bridgehead atoms. The molecule has 0 heterocycles. The Labute approximate surface area is 190 Å². The van der Waals surface area contributed by atoms with Gasteiger partial charge in [-0.1, -0.05) is 42.5 Å². The molecule has 0 aliphatic carbocycles. The molecule has 168 valence electrons. The lowest BCUT2D eigenvalue weighted by Gasteiger charge is -2.25. The van der Waals surface area contributed by atoms with Gasteiger partial charge in [0, 0.05) is 25.8 Å². The Kier molecular flexibility index (Phi) is 7.53. The summed E-state index contributed by atoms with van der Waals surface area (Å²) in [6, 6.07) is 23.6. The molecular weight excluding hydrogens is 422 g/mol. The number of nitrogens with one attached hydrogen (secondary N) is 1. The molecule has 1 N–H and O–H groups in total. The molecule has 0 saturated carbocycles. The van der Waals surface area contributed by atoms with Crippen LogP contribution in [0.4, 0.5) is 11.4 Å². The number of hydrogen-bond acceptors (Lipinski definition) is 4. The largest absolute Gasteiger partial charge is 0.373 e. The van der Waals surface area contributed by atoms with E-state index in [1.54, 1.807) is 30.3 Å². The van der Waals surface area contributed by atoms with Gasteiger partial charge >= 0.3 is 0 Å². The molecule has 0 aliphatic rings. The zero-order chi connectivity index (χ0) is 23.1. The quantitative estimate of drug-likeness (QED) is 0.538. The molecule has 0 spiro atoms. The third-order valence-corrected chi connectivity index (χ3v) is 6.87. The first-order valence-electron chi connectivity index (χ1n) is 10.5. The number of sulfonamides is 1. The summed E-state index contributed by atoms with van der Waals surface area (Å²) in [6.07, 6.45) is 0. The first-order chi connectivity index (χ1) is 15.3. The minimum Gasteiger partial charge on any atom is -0.373 e. The van der Waals surface area contributed by atoms with E-state index >= 15 is 0 Å². The predicted octanol–water partition coefficient (Wildman–Crippen LogP) is 3.75. The summed E-state index contributed by atoms with van der Waals surface area (Å²) in [6.45, 7) is 4.52. The van der Waals surface area contributed by atoms with Gasteiger partial charge in [-0.05, 0) is 61.4 Å². The van der Waals surface area contributed by atoms with Gasteiger partial charge in [-0.2, -0.15) is 0 Å². The highest BCUT2D eigenvalue weighted by atomic mass is 32.2. The number of para-hydroxylation sites is 1. The maximum atomic E-state index is 13.4. The summed E-state index contributed by atoms with van der Waals surface area (Å²) < 4.78 is 28.0. The number of rotatable bonds is 9. The fourth-order valence-corrected chi connectivity index (χ4v) is 4.92. The molecule has 3 aromatic carbocycles. The lowest BCUT2D eigenvalue weighted by molar-refractivity contribution is -0.119. The van der Waals surface area contributed by atoms with Crippen LogP contribution in [0.3, 0.4) is 0 Å². The number of hydrogen-bond donors (Lipinski definition) is 1. The van der Waals surface area contributed by atoms with Crippen molar-refractivity contribution in [2.24, 2.45) is 0 Å². The highest BCUT2D eigenvalue weighted by Gasteiger charge is 2.27. The number of carbonyl (C=O) groups excluding carboxylic acids is 1. The van der Waals surface area contributed by atoms with Crippen molar-refractivity contribution < 1.29 is 13.2 Å². The topological polar surface area (TPSA) is 69.7 Å². The maximum absolute atomic E-state index is 13.4. The molecule has 0 fully saturated rings. The Morgan fingerprint density at radius 3 is 2.00 bits per heavy atom. The van der Waals surface area contributed by atoms with Gasteiger partial charge in [0.15, 0.2) is 0 Å². The molecular formula is C25H29N3O3S. The summed E-state index contributed by atoms with van der Waals surface area (Å²) in [7, 11) is -1.96. The van der Waals surface area contributed by atoms with Crippen LogP contribution in [-0.4, -0.2) is 41.0 Å². The normalized spacial score (nSPS) is 11.1. The van der Waals surface area contributed by atoms with E-state index in [4.69, 9.17) is 0 Å². The van der Waals surface area contributed by atoms with Crippen LogP contribution >= 0.6 is 0 Å². The van der Waals surface area contributed by atoms with Crippen LogP contribution in [0.15, 0.2) is 83.8 Å². The van der Waals surface area contributed by atoms with Crippen LogP contribution in [0.5, 0.6) is 0 Å². The molecule has 7 heteroatoms. The van der Waals surface area contributed by atoms with E-state index in [9.17, 15) is 13.2 Å². The van der Waals surface area contributed by atoms with Crippen molar-refractivity contribution in [3.05, 3.63) is 90.0 Å². The fourth-order valence-electron chi connectivity index (χ4n) is 3.49. The maximum Gasteiger partial charge on any atom is 0.264 e. The molecule has 3 rings (SSSR count). The van der Waals surface area contributed by atoms with E-state index in [1.807, 2.05) is 62.2 Å². The van der Waals surface area contributed by atoms with E-state index in [-0.39, 0.29) is 17.3 Å². The Morgan fingerprint density at radius 1 is 0.844 bits per heavy atom. The highest BCUT2D eigenvalue weighted by Crippen LogP contribution is 2.25. The molecule has 0 aliphatic heterocycles. The molecule has 0 unspecified atom stereocenters. The van der Waals surface area contributed by atoms with Crippen molar-refractivity contribution in [2.45, 2.75) is 18.7 Å². The third-order valence-electron chi connectivity index (χ3n) is 5.08. The van der Waals surface area contributed by atoms with E-state index < -0.39 is 10.0 Å². The monoisotopic (exact) mass is 451 g/mol. The molecule has 3 aromatic rings. The smallest absolute Gasteiger partial charge is 0.264 e. The number of benzene rings is 3. The van der Waals surface area contributed by atoms with Crippen LogP contribution in [0.25, 0.3) is 0 Å². The van der Waals surface area contributed by atoms with Gasteiger partial charge in [0.05, 0.1) is 10.6 Å². The minimum atomic E-state index is -3.90. The standard InChI is InChI=1S/C25H29N3O3S/c1-20-16-21(2)18-23(17-20)28(32(30,31)24-12-8-5-9-13-24)19-25(29)26-14-15-27(3)22-10-6-4-7-11-22/h4-13,16-18H,14-15,19H2,1-3H3,(H,26,29). The predicted molar refractivity (Wildman–Crippen MR) is 130 cm³/mol. The zero-order valence-corrected chi connectivity index (χ0v) is 19.5. The van der Waals surface area contributed by atoms with Crippen LogP contribution < -0.4 is 14.5 Å². The summed E-state index contributed by atoms with van der Waals surface area (Å²) in [5, 5.41) is 2.85. The van der Waals surface area contributed by atoms with Gasteiger partial charge in [-0.25, -0.2) is 8.42 Å². The number of carbonyl (C=O) groups is 1. The van der Waals surface area contributed by atoms with Crippen molar-refractivity contribution in [3.63, 3.8) is 0 Å². The summed E-state index contributed by atoms with van der Waals surface area (Å²) in [4.78, 5) is 14.9. The lowest BCUT2D eigenvalue weighted by atomic mass is 10.1. The third kappa shape index (κ3) is 5.88. The van der Waals surface area contributed by atoms with Gasteiger partial charge in [0.1, 0.15) is 6.54 Å². The van der Waals surface area contributed by atoms with Crippen molar-refractivity contribution in [2.75, 3.05) is 35.9 Å². The molecule has 32 heavy (non-hydrogen) atoms. The van der Waals surface area contributed by atoms with E-state index in [2.05, 4.69) is 5.32 Å². The van der Waals surface area contributed by atoms with E-state index in [0.717, 1.165) is 16.8 Å². The van der Waals surface area contributed by atoms with Crippen molar-refractivity contribution in [1.82, 2.24) is 5.32 Å². The van der Waals surface area contributed by atoms with Crippen molar-refractivity contribution in [1.29, 1.82) is 0 Å². The van der Waals surface area contributed by atoms with Gasteiger partial charge in [0.25, 0.3) is 10.0 Å². The Balaban J connectivity index is 1.76. The average molecular weight is 452 g/mol. The molecule has 0 radical (unpaired) electrons. The first-order valence-corrected chi connectivity index (χ1v) is 11.9. The Morgan fingerprint density at radius 2 is 1.41 bits per heavy atom. The Hall–Kier alpha value is -3.32. The van der Waals surface area contributed by atoms with Crippen molar-refractivity contribution >= 4 is 27.3 Å². The van der Waals surface area contributed by atoms with Crippen LogP contribution in [0.1, 0.15) is 11.1 Å². The van der Waals surface area contributed by atoms with E-state index in [0.29, 0.717) is 18.8 Å². The summed E-state index contributed by atoms with van der Waals surface area (Å²) in [5.74, 6) is -0.356. The zero-order valence-electron chi connectivity index (χ0n) is 18.7. The van der Waals surface area contributed by atoms with Gasteiger partial charge in [-0.15, -0.1) is 0 Å². The van der Waals surface area contributed by atoms with Crippen LogP contribution in [-0.2, 0) is 14.8 Å². The second kappa shape index (κ2) is 10.3. The Bertz CT molecular complexity index is 1130. The molecule has 0 aromatic heterocycles. The van der Waals surface area contributed by atoms with Gasteiger partial charge in [-0.3, -0.25) is 9.10 Å². The van der Waals surface area contributed by atoms with Gasteiger partial charge < -0.3 is 10.2 Å². The summed E-state index contributed by atoms with van der Waals surface area (Å²) in [5.41, 5.74) is 3.38. The first kappa shape index (κ1) is 23.3. The molecule has 6 nitrogen and oxygen atoms in total.